The SMILES string of the molecule is c1ccc(-c2c3ccccc3c(-c3ccc4c(c3)C3(c5ccccc5-c5ccccc53)c3cc(-n5c6ccccc6c6ccc(-c7ccc8c(c7)c7ccccc7n8-c7ccccc7)cc65)ccc3-4)c3ccccc23)cc1. The third-order valence-electron chi connectivity index (χ3n) is 17.3. The van der Waals surface area contributed by atoms with Gasteiger partial charge >= 0.3 is 0 Å². The average molecular weight is 975 g/mol. The lowest BCUT2D eigenvalue weighted by Gasteiger charge is -2.31. The predicted octanol–water partition coefficient (Wildman–Crippen LogP) is 19.5. The molecule has 13 aromatic carbocycles. The minimum Gasteiger partial charge on any atom is -0.309 e. The van der Waals surface area contributed by atoms with Crippen LogP contribution < -0.4 is 0 Å². The van der Waals surface area contributed by atoms with Crippen LogP contribution in [0.25, 0.3) is 132 Å². The number of hydrogen-bond donors (Lipinski definition) is 0. The van der Waals surface area contributed by atoms with Gasteiger partial charge in [-0.2, -0.15) is 0 Å². The van der Waals surface area contributed by atoms with Gasteiger partial charge in [-0.05, 0) is 160 Å². The molecule has 0 aliphatic heterocycles. The monoisotopic (exact) mass is 974 g/mol. The molecule has 2 aliphatic carbocycles. The topological polar surface area (TPSA) is 9.86 Å². The molecule has 1 spiro atoms. The van der Waals surface area contributed by atoms with Gasteiger partial charge in [0.05, 0.1) is 27.5 Å². The molecule has 17 rings (SSSR count). The summed E-state index contributed by atoms with van der Waals surface area (Å²) in [5.41, 5.74) is 24.4. The first kappa shape index (κ1) is 42.3. The van der Waals surface area contributed by atoms with E-state index in [1.807, 2.05) is 0 Å². The molecule has 2 nitrogen and oxygen atoms in total. The summed E-state index contributed by atoms with van der Waals surface area (Å²) in [6.07, 6.45) is 0. The van der Waals surface area contributed by atoms with E-state index >= 15 is 0 Å². The maximum Gasteiger partial charge on any atom is 0.0726 e. The zero-order chi connectivity index (χ0) is 50.3. The summed E-state index contributed by atoms with van der Waals surface area (Å²) in [6, 6.07) is 105. The van der Waals surface area contributed by atoms with Gasteiger partial charge < -0.3 is 9.13 Å². The Morgan fingerprint density at radius 2 is 0.636 bits per heavy atom. The van der Waals surface area contributed by atoms with Crippen molar-refractivity contribution < 1.29 is 0 Å². The quantitative estimate of drug-likeness (QED) is 0.152. The first-order chi connectivity index (χ1) is 38.2. The lowest BCUT2D eigenvalue weighted by molar-refractivity contribution is 0.793. The number of rotatable bonds is 5. The Morgan fingerprint density at radius 3 is 1.29 bits per heavy atom. The zero-order valence-corrected chi connectivity index (χ0v) is 42.0. The maximum absolute atomic E-state index is 2.56. The number of hydrogen-bond acceptors (Lipinski definition) is 0. The van der Waals surface area contributed by atoms with Gasteiger partial charge in [-0.3, -0.25) is 0 Å². The lowest BCUT2D eigenvalue weighted by Crippen LogP contribution is -2.26. The van der Waals surface area contributed by atoms with E-state index in [1.165, 1.54) is 143 Å². The molecule has 77 heavy (non-hydrogen) atoms. The predicted molar refractivity (Wildman–Crippen MR) is 323 cm³/mol. The molecule has 356 valence electrons. The highest BCUT2D eigenvalue weighted by Crippen LogP contribution is 2.64. The molecule has 0 fully saturated rings. The van der Waals surface area contributed by atoms with Gasteiger partial charge in [-0.15, -0.1) is 0 Å². The highest BCUT2D eigenvalue weighted by molar-refractivity contribution is 6.22. The third kappa shape index (κ3) is 5.79. The maximum atomic E-state index is 2.56. The lowest BCUT2D eigenvalue weighted by atomic mass is 9.70. The largest absolute Gasteiger partial charge is 0.309 e. The molecular formula is C75H46N2. The molecule has 0 unspecified atom stereocenters. The van der Waals surface area contributed by atoms with Crippen molar-refractivity contribution in [1.82, 2.24) is 9.13 Å². The first-order valence-corrected chi connectivity index (χ1v) is 26.8. The number of para-hydroxylation sites is 3. The van der Waals surface area contributed by atoms with E-state index in [-0.39, 0.29) is 0 Å². The summed E-state index contributed by atoms with van der Waals surface area (Å²) in [4.78, 5) is 0. The summed E-state index contributed by atoms with van der Waals surface area (Å²) in [7, 11) is 0. The van der Waals surface area contributed by atoms with Crippen molar-refractivity contribution in [2.24, 2.45) is 0 Å². The Morgan fingerprint density at radius 1 is 0.208 bits per heavy atom. The second kappa shape index (κ2) is 16.0. The second-order valence-corrected chi connectivity index (χ2v) is 21.0. The number of benzene rings is 13. The van der Waals surface area contributed by atoms with E-state index < -0.39 is 5.41 Å². The van der Waals surface area contributed by atoms with Crippen LogP contribution in [0.3, 0.4) is 0 Å². The van der Waals surface area contributed by atoms with E-state index in [2.05, 4.69) is 288 Å². The van der Waals surface area contributed by atoms with E-state index in [1.54, 1.807) is 0 Å². The molecule has 2 aromatic heterocycles. The highest BCUT2D eigenvalue weighted by atomic mass is 15.0. The molecule has 2 aliphatic rings. The van der Waals surface area contributed by atoms with Gasteiger partial charge in [0.15, 0.2) is 0 Å². The van der Waals surface area contributed by atoms with Gasteiger partial charge in [-0.25, -0.2) is 0 Å². The number of aromatic nitrogens is 2. The van der Waals surface area contributed by atoms with Gasteiger partial charge in [-0.1, -0.05) is 218 Å². The van der Waals surface area contributed by atoms with Crippen LogP contribution in [0, 0.1) is 0 Å². The highest BCUT2D eigenvalue weighted by Gasteiger charge is 2.52. The smallest absolute Gasteiger partial charge is 0.0726 e. The Balaban J connectivity index is 0.893. The van der Waals surface area contributed by atoms with Crippen LogP contribution >= 0.6 is 0 Å². The summed E-state index contributed by atoms with van der Waals surface area (Å²) in [5.74, 6) is 0. The van der Waals surface area contributed by atoms with Crippen molar-refractivity contribution in [3.05, 3.63) is 301 Å². The molecule has 15 aromatic rings. The van der Waals surface area contributed by atoms with Gasteiger partial charge in [0.1, 0.15) is 0 Å². The number of nitrogens with zero attached hydrogens (tertiary/aromatic N) is 2. The Bertz CT molecular complexity index is 4870. The van der Waals surface area contributed by atoms with Crippen LogP contribution in [0.5, 0.6) is 0 Å². The fraction of sp³-hybridized carbons (Fsp3) is 0.0133. The second-order valence-electron chi connectivity index (χ2n) is 21.0. The standard InChI is InChI=1S/C75H46N2/c1-3-19-47(20-4-1)73-60-27-7-9-29-62(60)74(63-30-10-8-28-61(63)73)50-36-39-55-56-41-38-52(46-68(56)75(67(55)44-50)65-31-15-11-23-53(65)54-24-12-16-32-66(54)75)77-69-33-17-13-25-57(69)59-40-35-49(45-72(59)77)48-37-42-71-64(43-48)58-26-14-18-34-70(58)76(71)51-21-5-2-6-22-51/h1-46H. The summed E-state index contributed by atoms with van der Waals surface area (Å²) >= 11 is 0. The minimum atomic E-state index is -0.572. The van der Waals surface area contributed by atoms with Crippen molar-refractivity contribution in [2.75, 3.05) is 0 Å². The fourth-order valence-electron chi connectivity index (χ4n) is 14.2. The van der Waals surface area contributed by atoms with Gasteiger partial charge in [0, 0.05) is 32.9 Å². The molecule has 0 saturated heterocycles. The van der Waals surface area contributed by atoms with Gasteiger partial charge in [0.25, 0.3) is 0 Å². The molecular weight excluding hydrogens is 929 g/mol. The van der Waals surface area contributed by atoms with Crippen LogP contribution in [0.4, 0.5) is 0 Å². The molecule has 0 saturated carbocycles. The Kier molecular flexibility index (Phi) is 8.80. The molecule has 0 amide bonds. The fourth-order valence-corrected chi connectivity index (χ4v) is 14.2. The van der Waals surface area contributed by atoms with Crippen LogP contribution in [-0.2, 0) is 5.41 Å². The van der Waals surface area contributed by atoms with Crippen LogP contribution in [0.1, 0.15) is 22.3 Å². The van der Waals surface area contributed by atoms with Gasteiger partial charge in [0.2, 0.25) is 0 Å². The van der Waals surface area contributed by atoms with E-state index in [0.29, 0.717) is 0 Å². The van der Waals surface area contributed by atoms with Crippen molar-refractivity contribution in [3.63, 3.8) is 0 Å². The van der Waals surface area contributed by atoms with Crippen LogP contribution in [-0.4, -0.2) is 9.13 Å². The normalized spacial score (nSPS) is 13.0. The molecule has 0 N–H and O–H groups in total. The van der Waals surface area contributed by atoms with E-state index in [9.17, 15) is 0 Å². The van der Waals surface area contributed by atoms with Crippen molar-refractivity contribution in [3.8, 4) is 67.0 Å². The summed E-state index contributed by atoms with van der Waals surface area (Å²) in [5, 5.41) is 10.0. The van der Waals surface area contributed by atoms with Crippen molar-refractivity contribution >= 4 is 65.2 Å². The van der Waals surface area contributed by atoms with Crippen LogP contribution in [0.15, 0.2) is 279 Å². The Hall–Kier alpha value is -10.0. The minimum absolute atomic E-state index is 0.572. The van der Waals surface area contributed by atoms with Crippen molar-refractivity contribution in [2.45, 2.75) is 5.41 Å². The molecule has 0 atom stereocenters. The summed E-state index contributed by atoms with van der Waals surface area (Å²) in [6.45, 7) is 0. The molecule has 2 heterocycles. The Labute approximate surface area is 445 Å². The van der Waals surface area contributed by atoms with E-state index in [0.717, 1.165) is 11.4 Å². The molecule has 0 radical (unpaired) electrons. The average Bonchev–Trinajstić information content (AvgIpc) is 4.22. The number of fused-ring (bicyclic) bond motifs is 18. The van der Waals surface area contributed by atoms with E-state index in [4.69, 9.17) is 0 Å². The van der Waals surface area contributed by atoms with Crippen molar-refractivity contribution in [1.29, 1.82) is 0 Å². The molecule has 2 heteroatoms. The third-order valence-corrected chi connectivity index (χ3v) is 17.3. The molecule has 0 bridgehead atoms. The zero-order valence-electron chi connectivity index (χ0n) is 42.0. The summed E-state index contributed by atoms with van der Waals surface area (Å²) < 4.78 is 4.92. The first-order valence-electron chi connectivity index (χ1n) is 26.8. The van der Waals surface area contributed by atoms with Crippen LogP contribution in [0.2, 0.25) is 0 Å².